The van der Waals surface area contributed by atoms with Crippen molar-refractivity contribution in [3.8, 4) is 0 Å². The van der Waals surface area contributed by atoms with E-state index in [-0.39, 0.29) is 0 Å². The number of fused-ring (bicyclic) bond motifs is 1. The topological polar surface area (TPSA) is 50.3 Å². The van der Waals surface area contributed by atoms with Crippen molar-refractivity contribution >= 4 is 5.82 Å². The molecule has 0 saturated carbocycles. The second-order valence-corrected chi connectivity index (χ2v) is 5.14. The summed E-state index contributed by atoms with van der Waals surface area (Å²) in [6, 6.07) is 4.08. The molecule has 3 rings (SSSR count). The van der Waals surface area contributed by atoms with E-state index in [4.69, 9.17) is 4.74 Å². The lowest BCUT2D eigenvalue weighted by atomic mass is 9.94. The number of anilines is 1. The lowest BCUT2D eigenvalue weighted by Gasteiger charge is -2.31. The Balaban J connectivity index is 1.74. The molecule has 0 spiro atoms. The van der Waals surface area contributed by atoms with Gasteiger partial charge in [0.25, 0.3) is 0 Å². The molecule has 1 aromatic heterocycles. The first-order valence-corrected chi connectivity index (χ1v) is 6.70. The smallest absolute Gasteiger partial charge is 0.151 e. The van der Waals surface area contributed by atoms with E-state index in [1.165, 1.54) is 6.42 Å². The molecule has 98 valence electrons. The van der Waals surface area contributed by atoms with Gasteiger partial charge in [0.1, 0.15) is 0 Å². The highest BCUT2D eigenvalue weighted by Crippen LogP contribution is 2.22. The van der Waals surface area contributed by atoms with Crippen LogP contribution in [-0.2, 0) is 4.74 Å². The van der Waals surface area contributed by atoms with Crippen molar-refractivity contribution in [1.82, 2.24) is 15.5 Å². The molecule has 3 heterocycles. The van der Waals surface area contributed by atoms with Crippen molar-refractivity contribution in [3.05, 3.63) is 17.8 Å². The number of nitrogens with one attached hydrogen (secondary N) is 1. The summed E-state index contributed by atoms with van der Waals surface area (Å²) < 4.78 is 5.93. The Morgan fingerprint density at radius 2 is 2.33 bits per heavy atom. The van der Waals surface area contributed by atoms with E-state index in [0.717, 1.165) is 44.3 Å². The van der Waals surface area contributed by atoms with Crippen LogP contribution in [0.1, 0.15) is 12.1 Å². The number of nitrogens with zero attached hydrogens (tertiary/aromatic N) is 3. The Hall–Kier alpha value is -1.20. The first-order valence-electron chi connectivity index (χ1n) is 6.70. The Kier molecular flexibility index (Phi) is 3.43. The van der Waals surface area contributed by atoms with Crippen molar-refractivity contribution in [2.24, 2.45) is 5.92 Å². The first-order chi connectivity index (χ1) is 8.83. The van der Waals surface area contributed by atoms with Crippen LogP contribution in [0.2, 0.25) is 0 Å². The minimum absolute atomic E-state index is 0.363. The van der Waals surface area contributed by atoms with Crippen LogP contribution >= 0.6 is 0 Å². The monoisotopic (exact) mass is 248 g/mol. The maximum absolute atomic E-state index is 5.93. The van der Waals surface area contributed by atoms with Crippen LogP contribution in [0.15, 0.2) is 12.1 Å². The molecule has 1 aromatic rings. The molecule has 5 heteroatoms. The standard InChI is InChI=1S/C13H20N4O/c1-10-2-3-13(16-15-10)17-6-7-18-12-8-14-5-4-11(12)9-17/h2-3,11-12,14H,4-9H2,1H3/t11-,12+/m0/s1. The van der Waals surface area contributed by atoms with Gasteiger partial charge >= 0.3 is 0 Å². The largest absolute Gasteiger partial charge is 0.375 e. The quantitative estimate of drug-likeness (QED) is 0.788. The Bertz CT molecular complexity index is 394. The molecule has 2 saturated heterocycles. The zero-order valence-electron chi connectivity index (χ0n) is 10.8. The lowest BCUT2D eigenvalue weighted by molar-refractivity contribution is 0.0179. The van der Waals surface area contributed by atoms with E-state index in [1.54, 1.807) is 0 Å². The fourth-order valence-corrected chi connectivity index (χ4v) is 2.75. The van der Waals surface area contributed by atoms with Crippen LogP contribution in [0.4, 0.5) is 5.82 Å². The third kappa shape index (κ3) is 2.47. The van der Waals surface area contributed by atoms with Crippen LogP contribution in [0.5, 0.6) is 0 Å². The maximum Gasteiger partial charge on any atom is 0.151 e. The zero-order chi connectivity index (χ0) is 12.4. The van der Waals surface area contributed by atoms with Gasteiger partial charge in [0.05, 0.1) is 18.4 Å². The van der Waals surface area contributed by atoms with Crippen molar-refractivity contribution in [3.63, 3.8) is 0 Å². The minimum Gasteiger partial charge on any atom is -0.375 e. The number of hydrogen-bond donors (Lipinski definition) is 1. The highest BCUT2D eigenvalue weighted by Gasteiger charge is 2.30. The van der Waals surface area contributed by atoms with Gasteiger partial charge in [0, 0.05) is 25.6 Å². The molecular weight excluding hydrogens is 228 g/mol. The number of piperidine rings is 1. The summed E-state index contributed by atoms with van der Waals surface area (Å²) in [6.07, 6.45) is 1.54. The van der Waals surface area contributed by atoms with E-state index in [0.29, 0.717) is 12.0 Å². The van der Waals surface area contributed by atoms with E-state index in [2.05, 4.69) is 26.5 Å². The average Bonchev–Trinajstić information content (AvgIpc) is 2.61. The average molecular weight is 248 g/mol. The summed E-state index contributed by atoms with van der Waals surface area (Å²) in [5.74, 6) is 1.58. The van der Waals surface area contributed by atoms with Gasteiger partial charge in [-0.15, -0.1) is 5.10 Å². The van der Waals surface area contributed by atoms with Gasteiger partial charge in [-0.05, 0) is 32.0 Å². The van der Waals surface area contributed by atoms with Gasteiger partial charge in [-0.2, -0.15) is 5.10 Å². The van der Waals surface area contributed by atoms with Crippen LogP contribution in [0.3, 0.4) is 0 Å². The van der Waals surface area contributed by atoms with Crippen LogP contribution < -0.4 is 10.2 Å². The molecule has 0 aromatic carbocycles. The summed E-state index contributed by atoms with van der Waals surface area (Å²) in [5.41, 5.74) is 0.963. The molecule has 0 radical (unpaired) electrons. The van der Waals surface area contributed by atoms with Gasteiger partial charge < -0.3 is 15.0 Å². The Labute approximate surface area is 108 Å². The van der Waals surface area contributed by atoms with E-state index >= 15 is 0 Å². The van der Waals surface area contributed by atoms with Gasteiger partial charge in [-0.1, -0.05) is 0 Å². The summed E-state index contributed by atoms with van der Waals surface area (Å²) in [5, 5.41) is 11.8. The first kappa shape index (κ1) is 11.9. The maximum atomic E-state index is 5.93. The van der Waals surface area contributed by atoms with E-state index in [1.807, 2.05) is 13.0 Å². The molecule has 0 bridgehead atoms. The Morgan fingerprint density at radius 1 is 1.39 bits per heavy atom. The zero-order valence-corrected chi connectivity index (χ0v) is 10.8. The van der Waals surface area contributed by atoms with Crippen molar-refractivity contribution in [2.45, 2.75) is 19.4 Å². The predicted molar refractivity (Wildman–Crippen MR) is 69.7 cm³/mol. The third-order valence-electron chi connectivity index (χ3n) is 3.82. The molecule has 2 aliphatic rings. The molecule has 1 N–H and O–H groups in total. The number of ether oxygens (including phenoxy) is 1. The van der Waals surface area contributed by atoms with E-state index in [9.17, 15) is 0 Å². The van der Waals surface area contributed by atoms with Crippen molar-refractivity contribution < 1.29 is 4.74 Å². The number of aryl methyl sites for hydroxylation is 1. The molecule has 0 amide bonds. The third-order valence-corrected chi connectivity index (χ3v) is 3.82. The number of rotatable bonds is 1. The summed E-state index contributed by atoms with van der Waals surface area (Å²) in [7, 11) is 0. The van der Waals surface area contributed by atoms with Gasteiger partial charge in [0.2, 0.25) is 0 Å². The highest BCUT2D eigenvalue weighted by atomic mass is 16.5. The molecule has 18 heavy (non-hydrogen) atoms. The molecular formula is C13H20N4O. The summed E-state index contributed by atoms with van der Waals surface area (Å²) >= 11 is 0. The van der Waals surface area contributed by atoms with Crippen LogP contribution in [-0.4, -0.2) is 49.1 Å². The summed E-state index contributed by atoms with van der Waals surface area (Å²) in [6.45, 7) is 6.76. The molecule has 2 fully saturated rings. The predicted octanol–water partition coefficient (Wildman–Crippen LogP) is 0.600. The molecule has 2 aliphatic heterocycles. The second-order valence-electron chi connectivity index (χ2n) is 5.14. The van der Waals surface area contributed by atoms with Crippen molar-refractivity contribution in [2.75, 3.05) is 37.7 Å². The highest BCUT2D eigenvalue weighted by molar-refractivity contribution is 5.37. The molecule has 2 atom stereocenters. The molecule has 0 aliphatic carbocycles. The summed E-state index contributed by atoms with van der Waals surface area (Å²) in [4.78, 5) is 2.31. The van der Waals surface area contributed by atoms with Crippen LogP contribution in [0, 0.1) is 12.8 Å². The normalized spacial score (nSPS) is 28.6. The lowest BCUT2D eigenvalue weighted by Crippen LogP contribution is -2.44. The molecule has 0 unspecified atom stereocenters. The minimum atomic E-state index is 0.363. The second kappa shape index (κ2) is 5.20. The van der Waals surface area contributed by atoms with Crippen molar-refractivity contribution in [1.29, 1.82) is 0 Å². The van der Waals surface area contributed by atoms with Crippen LogP contribution in [0.25, 0.3) is 0 Å². The number of aromatic nitrogens is 2. The Morgan fingerprint density at radius 3 is 3.17 bits per heavy atom. The fourth-order valence-electron chi connectivity index (χ4n) is 2.75. The van der Waals surface area contributed by atoms with E-state index < -0.39 is 0 Å². The SMILES string of the molecule is Cc1ccc(N2CCO[C@@H]3CNCC[C@H]3C2)nn1. The van der Waals surface area contributed by atoms with Gasteiger partial charge in [-0.3, -0.25) is 0 Å². The van der Waals surface area contributed by atoms with Gasteiger partial charge in [-0.25, -0.2) is 0 Å². The fraction of sp³-hybridized carbons (Fsp3) is 0.692. The molecule has 5 nitrogen and oxygen atoms in total. The number of hydrogen-bond acceptors (Lipinski definition) is 5. The van der Waals surface area contributed by atoms with Gasteiger partial charge in [0.15, 0.2) is 5.82 Å².